The van der Waals surface area contributed by atoms with Crippen molar-refractivity contribution in [1.82, 2.24) is 4.90 Å². The first-order valence-electron chi connectivity index (χ1n) is 5.84. The number of halogens is 2. The molecule has 3 nitrogen and oxygen atoms in total. The molecule has 100 valence electrons. The molecule has 1 N–H and O–H groups in total. The van der Waals surface area contributed by atoms with E-state index in [0.717, 1.165) is 13.0 Å². The summed E-state index contributed by atoms with van der Waals surface area (Å²) in [5.41, 5.74) is 0.486. The van der Waals surface area contributed by atoms with Crippen LogP contribution in [0.25, 0.3) is 0 Å². The highest BCUT2D eigenvalue weighted by atomic mass is 35.5. The van der Waals surface area contributed by atoms with Crippen LogP contribution in [0.5, 0.6) is 0 Å². The number of benzene rings is 1. The Labute approximate surface area is 111 Å². The van der Waals surface area contributed by atoms with Crippen molar-refractivity contribution in [3.05, 3.63) is 34.6 Å². The van der Waals surface area contributed by atoms with E-state index in [-0.39, 0.29) is 12.2 Å². The molecule has 5 heteroatoms. The third kappa shape index (κ3) is 5.02. The zero-order chi connectivity index (χ0) is 13.5. The van der Waals surface area contributed by atoms with Crippen LogP contribution >= 0.6 is 11.6 Å². The molecule has 1 aromatic rings. The van der Waals surface area contributed by atoms with Gasteiger partial charge in [0.05, 0.1) is 0 Å². The monoisotopic (exact) mass is 273 g/mol. The lowest BCUT2D eigenvalue weighted by Crippen LogP contribution is -2.20. The predicted octanol–water partition coefficient (Wildman–Crippen LogP) is 3.17. The van der Waals surface area contributed by atoms with Gasteiger partial charge in [-0.2, -0.15) is 0 Å². The van der Waals surface area contributed by atoms with Crippen LogP contribution in [0.2, 0.25) is 5.02 Å². The van der Waals surface area contributed by atoms with Crippen molar-refractivity contribution >= 4 is 17.6 Å². The molecular weight excluding hydrogens is 257 g/mol. The van der Waals surface area contributed by atoms with Crippen molar-refractivity contribution in [2.75, 3.05) is 13.6 Å². The van der Waals surface area contributed by atoms with Gasteiger partial charge in [-0.25, -0.2) is 4.39 Å². The quantitative estimate of drug-likeness (QED) is 0.776. The first kappa shape index (κ1) is 14.9. The van der Waals surface area contributed by atoms with Gasteiger partial charge >= 0.3 is 5.97 Å². The van der Waals surface area contributed by atoms with Crippen molar-refractivity contribution in [3.63, 3.8) is 0 Å². The maximum absolute atomic E-state index is 13.5. The maximum Gasteiger partial charge on any atom is 0.303 e. The molecule has 0 aromatic heterocycles. The lowest BCUT2D eigenvalue weighted by atomic mass is 10.2. The number of hydrogen-bond donors (Lipinski definition) is 1. The Hall–Kier alpha value is -1.13. The van der Waals surface area contributed by atoms with Gasteiger partial charge in [0.1, 0.15) is 5.82 Å². The molecule has 1 aromatic carbocycles. The summed E-state index contributed by atoms with van der Waals surface area (Å²) in [6, 6.07) is 4.63. The Kier molecular flexibility index (Phi) is 6.09. The molecule has 1 rings (SSSR count). The molecule has 0 aliphatic heterocycles. The molecule has 0 aliphatic carbocycles. The van der Waals surface area contributed by atoms with E-state index in [1.165, 1.54) is 6.07 Å². The Bertz CT molecular complexity index is 392. The topological polar surface area (TPSA) is 40.5 Å². The highest BCUT2D eigenvalue weighted by Crippen LogP contribution is 2.20. The minimum Gasteiger partial charge on any atom is -0.481 e. The van der Waals surface area contributed by atoms with Gasteiger partial charge in [-0.1, -0.05) is 17.7 Å². The van der Waals surface area contributed by atoms with Crippen LogP contribution in [0.15, 0.2) is 18.2 Å². The van der Waals surface area contributed by atoms with Crippen molar-refractivity contribution in [2.45, 2.75) is 25.8 Å². The molecule has 0 aliphatic rings. The predicted molar refractivity (Wildman–Crippen MR) is 69.2 cm³/mol. The van der Waals surface area contributed by atoms with Crippen LogP contribution in [0.1, 0.15) is 24.8 Å². The highest BCUT2D eigenvalue weighted by Gasteiger charge is 2.09. The summed E-state index contributed by atoms with van der Waals surface area (Å²) in [7, 11) is 1.86. The van der Waals surface area contributed by atoms with Crippen molar-refractivity contribution in [1.29, 1.82) is 0 Å². The summed E-state index contributed by atoms with van der Waals surface area (Å²) in [5.74, 6) is -1.09. The summed E-state index contributed by atoms with van der Waals surface area (Å²) in [4.78, 5) is 12.3. The number of rotatable bonds is 7. The Morgan fingerprint density at radius 2 is 2.17 bits per heavy atom. The summed E-state index contributed by atoms with van der Waals surface area (Å²) in [6.07, 6.45) is 1.58. The van der Waals surface area contributed by atoms with Gasteiger partial charge in [0.2, 0.25) is 0 Å². The molecular formula is C13H17ClFNO2. The molecule has 0 bridgehead atoms. The molecule has 18 heavy (non-hydrogen) atoms. The summed E-state index contributed by atoms with van der Waals surface area (Å²) >= 11 is 5.93. The van der Waals surface area contributed by atoms with E-state index in [9.17, 15) is 9.18 Å². The van der Waals surface area contributed by atoms with Crippen LogP contribution < -0.4 is 0 Å². The number of carboxylic acid groups (broad SMARTS) is 1. The molecule has 0 heterocycles. The molecule has 0 saturated heterocycles. The molecule has 0 fully saturated rings. The molecule has 0 spiro atoms. The second kappa shape index (κ2) is 7.34. The second-order valence-corrected chi connectivity index (χ2v) is 4.70. The normalized spacial score (nSPS) is 10.9. The lowest BCUT2D eigenvalue weighted by Gasteiger charge is -2.17. The number of nitrogens with zero attached hydrogens (tertiary/aromatic N) is 1. The van der Waals surface area contributed by atoms with Gasteiger partial charge in [-0.3, -0.25) is 4.79 Å². The lowest BCUT2D eigenvalue weighted by molar-refractivity contribution is -0.137. The Balaban J connectivity index is 2.40. The first-order chi connectivity index (χ1) is 8.50. The van der Waals surface area contributed by atoms with Gasteiger partial charge in [0.15, 0.2) is 0 Å². The van der Waals surface area contributed by atoms with Crippen molar-refractivity contribution in [3.8, 4) is 0 Å². The largest absolute Gasteiger partial charge is 0.481 e. The van der Waals surface area contributed by atoms with E-state index < -0.39 is 5.97 Å². The minimum atomic E-state index is -0.783. The number of carboxylic acids is 1. The number of unbranched alkanes of at least 4 members (excludes halogenated alkanes) is 1. The van der Waals surface area contributed by atoms with Gasteiger partial charge in [0, 0.05) is 23.6 Å². The van der Waals surface area contributed by atoms with Crippen molar-refractivity contribution < 1.29 is 14.3 Å². The smallest absolute Gasteiger partial charge is 0.303 e. The number of carbonyl (C=O) groups is 1. The van der Waals surface area contributed by atoms with E-state index in [2.05, 4.69) is 0 Å². The highest BCUT2D eigenvalue weighted by molar-refractivity contribution is 6.31. The Morgan fingerprint density at radius 3 is 2.78 bits per heavy atom. The van der Waals surface area contributed by atoms with Gasteiger partial charge < -0.3 is 10.0 Å². The third-order valence-corrected chi connectivity index (χ3v) is 3.02. The summed E-state index contributed by atoms with van der Waals surface area (Å²) in [6.45, 7) is 1.15. The van der Waals surface area contributed by atoms with Gasteiger partial charge in [-0.15, -0.1) is 0 Å². The maximum atomic E-state index is 13.5. The number of hydrogen-bond acceptors (Lipinski definition) is 2. The standard InChI is InChI=1S/C13H17ClFNO2/c1-16(8-3-2-7-13(17)18)9-10-11(14)5-4-6-12(10)15/h4-6H,2-3,7-9H2,1H3,(H,17,18). The van der Waals surface area contributed by atoms with Crippen LogP contribution in [-0.2, 0) is 11.3 Å². The van der Waals surface area contributed by atoms with E-state index >= 15 is 0 Å². The SMILES string of the molecule is CN(CCCCC(=O)O)Cc1c(F)cccc1Cl. The third-order valence-electron chi connectivity index (χ3n) is 2.67. The fourth-order valence-corrected chi connectivity index (χ4v) is 1.91. The zero-order valence-corrected chi connectivity index (χ0v) is 11.1. The molecule has 0 amide bonds. The van der Waals surface area contributed by atoms with Gasteiger partial charge in [0.25, 0.3) is 0 Å². The molecule has 0 radical (unpaired) electrons. The van der Waals surface area contributed by atoms with Crippen LogP contribution in [0.3, 0.4) is 0 Å². The van der Waals surface area contributed by atoms with E-state index in [0.29, 0.717) is 23.6 Å². The van der Waals surface area contributed by atoms with E-state index in [4.69, 9.17) is 16.7 Å². The average molecular weight is 274 g/mol. The number of aliphatic carboxylic acids is 1. The first-order valence-corrected chi connectivity index (χ1v) is 6.21. The summed E-state index contributed by atoms with van der Waals surface area (Å²) < 4.78 is 13.5. The minimum absolute atomic E-state index is 0.175. The molecule has 0 saturated carbocycles. The molecule has 0 unspecified atom stereocenters. The van der Waals surface area contributed by atoms with Crippen LogP contribution in [0.4, 0.5) is 4.39 Å². The molecule has 0 atom stereocenters. The van der Waals surface area contributed by atoms with Crippen LogP contribution in [-0.4, -0.2) is 29.6 Å². The van der Waals surface area contributed by atoms with Crippen LogP contribution in [0, 0.1) is 5.82 Å². The average Bonchev–Trinajstić information content (AvgIpc) is 2.29. The summed E-state index contributed by atoms with van der Waals surface area (Å²) in [5, 5.41) is 8.93. The Morgan fingerprint density at radius 1 is 1.44 bits per heavy atom. The fraction of sp³-hybridized carbons (Fsp3) is 0.462. The zero-order valence-electron chi connectivity index (χ0n) is 10.3. The van der Waals surface area contributed by atoms with Crippen molar-refractivity contribution in [2.24, 2.45) is 0 Å². The fourth-order valence-electron chi connectivity index (χ4n) is 1.69. The van der Waals surface area contributed by atoms with Gasteiger partial charge in [-0.05, 0) is 38.6 Å². The second-order valence-electron chi connectivity index (χ2n) is 4.29. The van der Waals surface area contributed by atoms with E-state index in [1.807, 2.05) is 11.9 Å². The van der Waals surface area contributed by atoms with E-state index in [1.54, 1.807) is 12.1 Å².